The summed E-state index contributed by atoms with van der Waals surface area (Å²) in [6, 6.07) is 0. The third-order valence-electron chi connectivity index (χ3n) is 4.04. The highest BCUT2D eigenvalue weighted by atomic mass is 16.2. The van der Waals surface area contributed by atoms with Gasteiger partial charge in [0.1, 0.15) is 0 Å². The van der Waals surface area contributed by atoms with Gasteiger partial charge in [-0.1, -0.05) is 26.0 Å². The second-order valence-corrected chi connectivity index (χ2v) is 5.92. The number of nitrogens with zero attached hydrogens (tertiary/aromatic N) is 4. The van der Waals surface area contributed by atoms with Crippen LogP contribution in [-0.4, -0.2) is 50.2 Å². The van der Waals surface area contributed by atoms with E-state index < -0.39 is 11.2 Å². The molecule has 2 rings (SSSR count). The zero-order valence-electron chi connectivity index (χ0n) is 14.8. The lowest BCUT2D eigenvalue weighted by atomic mass is 10.3. The number of imidazole rings is 1. The summed E-state index contributed by atoms with van der Waals surface area (Å²) >= 11 is 0. The van der Waals surface area contributed by atoms with Crippen molar-refractivity contribution in [3.63, 3.8) is 0 Å². The average molecular weight is 334 g/mol. The molecule has 0 aliphatic carbocycles. The first kappa shape index (κ1) is 18.0. The summed E-state index contributed by atoms with van der Waals surface area (Å²) in [4.78, 5) is 33.1. The van der Waals surface area contributed by atoms with E-state index in [2.05, 4.69) is 40.6 Å². The fraction of sp³-hybridized carbons (Fsp3) is 0.562. The maximum absolute atomic E-state index is 12.2. The van der Waals surface area contributed by atoms with Crippen LogP contribution in [0.15, 0.2) is 21.7 Å². The Bertz CT molecular complexity index is 841. The van der Waals surface area contributed by atoms with E-state index in [1.807, 2.05) is 6.92 Å². The maximum Gasteiger partial charge on any atom is 0.329 e. The number of fused-ring (bicyclic) bond motifs is 1. The van der Waals surface area contributed by atoms with Crippen molar-refractivity contribution in [2.24, 2.45) is 7.05 Å². The maximum atomic E-state index is 12.2. The van der Waals surface area contributed by atoms with Gasteiger partial charge in [0.2, 0.25) is 5.95 Å². The summed E-state index contributed by atoms with van der Waals surface area (Å²) in [6.45, 7) is 14.0. The molecule has 0 radical (unpaired) electrons. The molecule has 0 atom stereocenters. The molecule has 0 aliphatic rings. The highest BCUT2D eigenvalue weighted by Gasteiger charge is 2.17. The molecule has 8 heteroatoms. The molecule has 0 saturated carbocycles. The Labute approximate surface area is 140 Å². The van der Waals surface area contributed by atoms with Crippen molar-refractivity contribution in [1.82, 2.24) is 24.0 Å². The summed E-state index contributed by atoms with van der Waals surface area (Å²) in [5.74, 6) is 0.576. The third-order valence-corrected chi connectivity index (χ3v) is 4.04. The Morgan fingerprint density at radius 1 is 1.33 bits per heavy atom. The fourth-order valence-corrected chi connectivity index (χ4v) is 2.66. The van der Waals surface area contributed by atoms with Crippen LogP contribution in [0.2, 0.25) is 0 Å². The number of hydrogen-bond acceptors (Lipinski definition) is 5. The Morgan fingerprint density at radius 2 is 2.00 bits per heavy atom. The van der Waals surface area contributed by atoms with E-state index in [1.165, 1.54) is 4.57 Å². The van der Waals surface area contributed by atoms with Crippen LogP contribution in [0.5, 0.6) is 0 Å². The Balaban J connectivity index is 2.43. The minimum absolute atomic E-state index is 0.371. The molecule has 24 heavy (non-hydrogen) atoms. The highest BCUT2D eigenvalue weighted by Crippen LogP contribution is 2.16. The van der Waals surface area contributed by atoms with Crippen molar-refractivity contribution in [2.45, 2.75) is 27.3 Å². The smallest absolute Gasteiger partial charge is 0.329 e. The number of hydrogen-bond donors (Lipinski definition) is 2. The summed E-state index contributed by atoms with van der Waals surface area (Å²) in [7, 11) is 1.60. The number of H-pyrrole nitrogens is 1. The van der Waals surface area contributed by atoms with Crippen LogP contribution in [0.3, 0.4) is 0 Å². The van der Waals surface area contributed by atoms with E-state index in [0.717, 1.165) is 25.2 Å². The van der Waals surface area contributed by atoms with Gasteiger partial charge in [0.05, 0.1) is 0 Å². The zero-order valence-corrected chi connectivity index (χ0v) is 14.8. The third kappa shape index (κ3) is 3.59. The number of allylic oxidation sites excluding steroid dienone is 1. The number of aromatic nitrogens is 4. The molecular weight excluding hydrogens is 308 g/mol. The molecule has 0 spiro atoms. The largest absolute Gasteiger partial charge is 0.354 e. The van der Waals surface area contributed by atoms with E-state index in [-0.39, 0.29) is 0 Å². The van der Waals surface area contributed by atoms with E-state index in [9.17, 15) is 9.59 Å². The van der Waals surface area contributed by atoms with Crippen LogP contribution in [0.4, 0.5) is 5.95 Å². The van der Waals surface area contributed by atoms with Gasteiger partial charge in [-0.15, -0.1) is 0 Å². The predicted octanol–water partition coefficient (Wildman–Crippen LogP) is 0.753. The molecule has 8 nitrogen and oxygen atoms in total. The number of likely N-dealkylation sites (N-methyl/N-ethyl adjacent to an activating group) is 1. The van der Waals surface area contributed by atoms with E-state index in [0.29, 0.717) is 30.2 Å². The predicted molar refractivity (Wildman–Crippen MR) is 96.7 cm³/mol. The van der Waals surface area contributed by atoms with Crippen LogP contribution in [0.1, 0.15) is 20.8 Å². The van der Waals surface area contributed by atoms with Gasteiger partial charge >= 0.3 is 5.69 Å². The van der Waals surface area contributed by atoms with Crippen molar-refractivity contribution >= 4 is 17.1 Å². The summed E-state index contributed by atoms with van der Waals surface area (Å²) < 4.78 is 3.12. The van der Waals surface area contributed by atoms with Crippen molar-refractivity contribution in [3.05, 3.63) is 33.0 Å². The number of aryl methyl sites for hydroxylation is 1. The van der Waals surface area contributed by atoms with Gasteiger partial charge in [-0.2, -0.15) is 4.98 Å². The summed E-state index contributed by atoms with van der Waals surface area (Å²) in [5, 5.41) is 3.28. The van der Waals surface area contributed by atoms with Crippen LogP contribution < -0.4 is 16.6 Å². The van der Waals surface area contributed by atoms with Crippen molar-refractivity contribution in [3.8, 4) is 0 Å². The molecular formula is C16H26N6O2. The summed E-state index contributed by atoms with van der Waals surface area (Å²) in [5.41, 5.74) is 0.746. The number of rotatable bonds is 8. The standard InChI is InChI=1S/C16H26N6O2/c1-6-21(7-2)9-8-17-15-18-13-12(22(15)10-11(3)4)14(23)19-16(24)20(13)5/h3,6-10H2,1-2,4-5H3,(H,17,18)(H,19,23,24). The zero-order chi connectivity index (χ0) is 17.9. The Morgan fingerprint density at radius 3 is 2.58 bits per heavy atom. The quantitative estimate of drug-likeness (QED) is 0.696. The molecule has 132 valence electrons. The van der Waals surface area contributed by atoms with E-state index in [4.69, 9.17) is 0 Å². The van der Waals surface area contributed by atoms with Gasteiger partial charge in [-0.05, 0) is 20.0 Å². The second-order valence-electron chi connectivity index (χ2n) is 5.92. The molecule has 2 aromatic heterocycles. The number of aromatic amines is 1. The lowest BCUT2D eigenvalue weighted by Gasteiger charge is -2.18. The van der Waals surface area contributed by atoms with Crippen LogP contribution in [0, 0.1) is 0 Å². The lowest BCUT2D eigenvalue weighted by molar-refractivity contribution is 0.315. The number of anilines is 1. The topological polar surface area (TPSA) is 88.0 Å². The molecule has 0 saturated heterocycles. The van der Waals surface area contributed by atoms with Gasteiger partial charge in [-0.25, -0.2) is 4.79 Å². The van der Waals surface area contributed by atoms with Crippen molar-refractivity contribution in [2.75, 3.05) is 31.5 Å². The molecule has 0 aliphatic heterocycles. The van der Waals surface area contributed by atoms with Crippen molar-refractivity contribution < 1.29 is 0 Å². The van der Waals surface area contributed by atoms with Gasteiger partial charge in [-0.3, -0.25) is 14.3 Å². The monoisotopic (exact) mass is 334 g/mol. The van der Waals surface area contributed by atoms with Gasteiger partial charge in [0.25, 0.3) is 5.56 Å². The average Bonchev–Trinajstić information content (AvgIpc) is 2.88. The molecule has 2 heterocycles. The normalized spacial score (nSPS) is 11.4. The first-order valence-electron chi connectivity index (χ1n) is 8.19. The molecule has 0 unspecified atom stereocenters. The number of nitrogens with one attached hydrogen (secondary N) is 2. The first-order chi connectivity index (χ1) is 11.4. The van der Waals surface area contributed by atoms with Crippen LogP contribution in [-0.2, 0) is 13.6 Å². The second kappa shape index (κ2) is 7.48. The highest BCUT2D eigenvalue weighted by molar-refractivity contribution is 5.74. The van der Waals surface area contributed by atoms with Crippen LogP contribution >= 0.6 is 0 Å². The molecule has 0 fully saturated rings. The van der Waals surface area contributed by atoms with Crippen LogP contribution in [0.25, 0.3) is 11.2 Å². The molecule has 0 aromatic carbocycles. The Hall–Kier alpha value is -2.35. The molecule has 0 bridgehead atoms. The Kier molecular flexibility index (Phi) is 5.61. The van der Waals surface area contributed by atoms with Gasteiger partial charge in [0.15, 0.2) is 11.2 Å². The van der Waals surface area contributed by atoms with Crippen molar-refractivity contribution in [1.29, 1.82) is 0 Å². The summed E-state index contributed by atoms with van der Waals surface area (Å²) in [6.07, 6.45) is 0. The van der Waals surface area contributed by atoms with Gasteiger partial charge in [0, 0.05) is 26.7 Å². The first-order valence-corrected chi connectivity index (χ1v) is 8.19. The molecule has 2 aromatic rings. The molecule has 2 N–H and O–H groups in total. The van der Waals surface area contributed by atoms with E-state index in [1.54, 1.807) is 11.6 Å². The lowest BCUT2D eigenvalue weighted by Crippen LogP contribution is -2.29. The SMILES string of the molecule is C=C(C)Cn1c(NCCN(CC)CC)nc2c1c(=O)[nH]c(=O)n2C. The molecule has 0 amide bonds. The fourth-order valence-electron chi connectivity index (χ4n) is 2.66. The van der Waals surface area contributed by atoms with E-state index >= 15 is 0 Å². The van der Waals surface area contributed by atoms with Gasteiger partial charge < -0.3 is 14.8 Å². The minimum atomic E-state index is -0.470. The minimum Gasteiger partial charge on any atom is -0.354 e.